The van der Waals surface area contributed by atoms with E-state index in [4.69, 9.17) is 47.4 Å². The van der Waals surface area contributed by atoms with E-state index in [1.807, 2.05) is 36.4 Å². The number of aromatic nitrogens is 3. The molecule has 0 amide bonds. The Morgan fingerprint density at radius 1 is 0.967 bits per heavy atom. The number of hydrogen-bond acceptors (Lipinski definition) is 11. The highest BCUT2D eigenvalue weighted by Crippen LogP contribution is 2.45. The Hall–Kier alpha value is -5.58. The molecule has 1 saturated heterocycles. The van der Waals surface area contributed by atoms with E-state index in [9.17, 15) is 20.0 Å². The number of methoxy groups -OCH3 is 1. The summed E-state index contributed by atoms with van der Waals surface area (Å²) in [5, 5.41) is 23.3. The molecule has 3 aromatic heterocycles. The van der Waals surface area contributed by atoms with Crippen LogP contribution >= 0.6 is 23.2 Å². The normalized spacial score (nSPS) is 18.6. The lowest BCUT2D eigenvalue weighted by molar-refractivity contribution is -0.141. The van der Waals surface area contributed by atoms with Crippen LogP contribution in [0.1, 0.15) is 71.6 Å². The molecule has 12 nitrogen and oxygen atoms in total. The summed E-state index contributed by atoms with van der Waals surface area (Å²) >= 11 is 14.1. The fraction of sp³-hybridized carbons (Fsp3) is 0.348. The van der Waals surface area contributed by atoms with Crippen LogP contribution in [-0.4, -0.2) is 63.5 Å². The molecule has 1 saturated carbocycles. The largest absolute Gasteiger partial charge is 0.481 e. The molecule has 0 unspecified atom stereocenters. The van der Waals surface area contributed by atoms with Gasteiger partial charge in [0.2, 0.25) is 17.6 Å². The third-order valence-corrected chi connectivity index (χ3v) is 12.2. The minimum Gasteiger partial charge on any atom is -0.481 e. The van der Waals surface area contributed by atoms with Crippen LogP contribution in [0.2, 0.25) is 10.0 Å². The Morgan fingerprint density at radius 3 is 2.58 bits per heavy atom. The van der Waals surface area contributed by atoms with Gasteiger partial charge in [-0.25, -0.2) is 4.98 Å². The highest BCUT2D eigenvalue weighted by atomic mass is 35.5. The molecule has 3 atom stereocenters. The van der Waals surface area contributed by atoms with Crippen LogP contribution in [0.5, 0.6) is 17.6 Å². The second-order valence-corrected chi connectivity index (χ2v) is 16.4. The molecule has 3 aliphatic rings. The van der Waals surface area contributed by atoms with E-state index in [0.717, 1.165) is 52.8 Å². The smallest absolute Gasteiger partial charge is 0.307 e. The van der Waals surface area contributed by atoms with Gasteiger partial charge in [-0.05, 0) is 79.6 Å². The van der Waals surface area contributed by atoms with Gasteiger partial charge in [0.15, 0.2) is 0 Å². The summed E-state index contributed by atoms with van der Waals surface area (Å²) in [6.45, 7) is 2.88. The van der Waals surface area contributed by atoms with Crippen molar-refractivity contribution in [3.05, 3.63) is 116 Å². The fourth-order valence-electron chi connectivity index (χ4n) is 8.48. The zero-order valence-electron chi connectivity index (χ0n) is 33.1. The van der Waals surface area contributed by atoms with Crippen LogP contribution in [0.3, 0.4) is 0 Å². The second-order valence-electron chi connectivity index (χ2n) is 15.6. The SMILES string of the molecule is COc1nc(-c2cccc(-c3cccc4c3CC[C@@H]4Oc3nc(OCc4cncc(C#N)c4)c(CN4CC[C@H](C(=O)O)C4)cc3Cl)c2Cl)ccc1CNC[C@@H]1CCC(=O)C1. The van der Waals surface area contributed by atoms with E-state index in [-0.39, 0.29) is 18.6 Å². The number of fused-ring (bicyclic) bond motifs is 1. The summed E-state index contributed by atoms with van der Waals surface area (Å²) in [6, 6.07) is 21.6. The fourth-order valence-corrected chi connectivity index (χ4v) is 9.03. The second kappa shape index (κ2) is 18.4. The number of benzene rings is 2. The molecular weight excluding hydrogens is 803 g/mol. The van der Waals surface area contributed by atoms with Gasteiger partial charge in [0.25, 0.3) is 0 Å². The third kappa shape index (κ3) is 9.10. The maximum atomic E-state index is 11.7. The highest BCUT2D eigenvalue weighted by molar-refractivity contribution is 6.36. The molecule has 4 heterocycles. The van der Waals surface area contributed by atoms with Crippen LogP contribution in [0.15, 0.2) is 73.1 Å². The quantitative estimate of drug-likeness (QED) is 0.104. The van der Waals surface area contributed by atoms with Crippen molar-refractivity contribution in [2.75, 3.05) is 26.7 Å². The number of hydrogen-bond donors (Lipinski definition) is 2. The molecule has 0 spiro atoms. The number of ketones is 1. The monoisotopic (exact) mass is 846 g/mol. The van der Waals surface area contributed by atoms with Gasteiger partial charge in [0.1, 0.15) is 29.6 Å². The Labute approximate surface area is 358 Å². The first-order valence-corrected chi connectivity index (χ1v) is 20.9. The topological polar surface area (TPSA) is 160 Å². The minimum absolute atomic E-state index is 0.102. The molecule has 0 radical (unpaired) electrons. The van der Waals surface area contributed by atoms with Crippen molar-refractivity contribution in [2.45, 2.75) is 64.3 Å². The van der Waals surface area contributed by atoms with Gasteiger partial charge >= 0.3 is 5.97 Å². The van der Waals surface area contributed by atoms with Crippen LogP contribution in [0.4, 0.5) is 0 Å². The summed E-state index contributed by atoms with van der Waals surface area (Å²) in [5.41, 5.74) is 8.22. The summed E-state index contributed by atoms with van der Waals surface area (Å²) in [7, 11) is 1.61. The van der Waals surface area contributed by atoms with Gasteiger partial charge in [0, 0.05) is 72.7 Å². The predicted molar refractivity (Wildman–Crippen MR) is 226 cm³/mol. The molecule has 0 bridgehead atoms. The summed E-state index contributed by atoms with van der Waals surface area (Å²) in [5.74, 6) is 0.516. The van der Waals surface area contributed by atoms with Crippen LogP contribution < -0.4 is 19.5 Å². The number of rotatable bonds is 15. The van der Waals surface area contributed by atoms with Crippen molar-refractivity contribution in [2.24, 2.45) is 11.8 Å². The first kappa shape index (κ1) is 41.2. The van der Waals surface area contributed by atoms with E-state index < -0.39 is 11.9 Å². The van der Waals surface area contributed by atoms with Gasteiger partial charge < -0.3 is 24.6 Å². The zero-order valence-corrected chi connectivity index (χ0v) is 34.6. The van der Waals surface area contributed by atoms with Crippen molar-refractivity contribution >= 4 is 35.0 Å². The number of nitrogens with one attached hydrogen (secondary N) is 1. The van der Waals surface area contributed by atoms with Crippen LogP contribution in [-0.2, 0) is 35.7 Å². The molecule has 2 N–H and O–H groups in total. The number of carboxylic acid groups (broad SMARTS) is 1. The number of nitriles is 1. The van der Waals surface area contributed by atoms with Gasteiger partial charge in [-0.2, -0.15) is 10.2 Å². The lowest BCUT2D eigenvalue weighted by Crippen LogP contribution is -2.23. The summed E-state index contributed by atoms with van der Waals surface area (Å²) in [4.78, 5) is 39.2. The number of carboxylic acids is 1. The number of nitrogens with zero attached hydrogens (tertiary/aromatic N) is 5. The maximum Gasteiger partial charge on any atom is 0.307 e. The molecule has 2 fully saturated rings. The summed E-state index contributed by atoms with van der Waals surface area (Å²) < 4.78 is 18.6. The molecule has 60 heavy (non-hydrogen) atoms. The number of ether oxygens (including phenoxy) is 3. The average Bonchev–Trinajstić information content (AvgIpc) is 4.02. The number of halogens is 2. The molecule has 2 aromatic carbocycles. The van der Waals surface area contributed by atoms with Crippen molar-refractivity contribution in [1.82, 2.24) is 25.2 Å². The van der Waals surface area contributed by atoms with Gasteiger partial charge in [0.05, 0.1) is 29.3 Å². The minimum atomic E-state index is -0.809. The molecule has 1 aliphatic heterocycles. The molecule has 2 aliphatic carbocycles. The lowest BCUT2D eigenvalue weighted by Gasteiger charge is -2.21. The zero-order chi connectivity index (χ0) is 41.8. The Morgan fingerprint density at radius 2 is 1.80 bits per heavy atom. The first-order chi connectivity index (χ1) is 29.2. The Bertz CT molecular complexity index is 2480. The van der Waals surface area contributed by atoms with Crippen molar-refractivity contribution in [3.8, 4) is 46.1 Å². The molecule has 14 heteroatoms. The molecule has 8 rings (SSSR count). The molecule has 5 aromatic rings. The number of carbonyl (C=O) groups excluding carboxylic acids is 1. The number of pyridine rings is 3. The van der Waals surface area contributed by atoms with E-state index in [1.54, 1.807) is 25.4 Å². The van der Waals surface area contributed by atoms with Crippen molar-refractivity contribution in [3.63, 3.8) is 0 Å². The Kier molecular flexibility index (Phi) is 12.6. The maximum absolute atomic E-state index is 11.7. The summed E-state index contributed by atoms with van der Waals surface area (Å²) in [6.07, 6.45) is 6.99. The van der Waals surface area contributed by atoms with E-state index >= 15 is 0 Å². The third-order valence-electron chi connectivity index (χ3n) is 11.6. The number of aliphatic carboxylic acids is 1. The standard InChI is InChI=1S/C46H44Cl2N6O6/c1-58-43-30(23-51-20-27-8-10-33(55)17-27)9-12-40(52-43)38-7-3-6-37(42(38)48)34-4-2-5-36-35(34)11-13-41(36)60-45-39(47)18-32(25-54-15-14-31(24-54)46(56)57)44(53-45)59-26-29-16-28(19-49)21-50-22-29/h2-7,9,12,16,18,21-22,27,31,41,51H,8,10-11,13-15,17,20,23-26H2,1H3,(H,56,57)/t27-,31+,41+/m1/s1. The predicted octanol–water partition coefficient (Wildman–Crippen LogP) is 8.40. The van der Waals surface area contributed by atoms with E-state index in [1.165, 1.54) is 6.20 Å². The van der Waals surface area contributed by atoms with Crippen molar-refractivity contribution in [1.29, 1.82) is 5.26 Å². The molecular formula is C46H44Cl2N6O6. The number of likely N-dealkylation sites (tertiary alicyclic amines) is 1. The van der Waals surface area contributed by atoms with Crippen molar-refractivity contribution < 1.29 is 28.9 Å². The van der Waals surface area contributed by atoms with Gasteiger partial charge in [-0.3, -0.25) is 19.5 Å². The van der Waals surface area contributed by atoms with E-state index in [0.29, 0.717) is 108 Å². The number of Topliss-reactive ketones (excluding diaryl/α,β-unsaturated/α-hetero) is 1. The average molecular weight is 848 g/mol. The van der Waals surface area contributed by atoms with Crippen LogP contribution in [0, 0.1) is 23.2 Å². The lowest BCUT2D eigenvalue weighted by atomic mass is 9.94. The first-order valence-electron chi connectivity index (χ1n) is 20.1. The van der Waals surface area contributed by atoms with E-state index in [2.05, 4.69) is 33.4 Å². The Balaban J connectivity index is 1.02. The van der Waals surface area contributed by atoms with Gasteiger partial charge in [-0.15, -0.1) is 0 Å². The van der Waals surface area contributed by atoms with Crippen LogP contribution in [0.25, 0.3) is 22.4 Å². The molecule has 308 valence electrons. The van der Waals surface area contributed by atoms with Gasteiger partial charge in [-0.1, -0.05) is 65.7 Å². The number of carbonyl (C=O) groups is 2. The highest BCUT2D eigenvalue weighted by Gasteiger charge is 2.31.